The third-order valence-electron chi connectivity index (χ3n) is 5.94. The Morgan fingerprint density at radius 2 is 1.80 bits per heavy atom. The van der Waals surface area contributed by atoms with Crippen LogP contribution in [0, 0.1) is 6.92 Å². The molecule has 0 aliphatic carbocycles. The lowest BCUT2D eigenvalue weighted by Gasteiger charge is -2.37. The second-order valence-corrected chi connectivity index (χ2v) is 7.92. The van der Waals surface area contributed by atoms with Crippen molar-refractivity contribution in [2.75, 3.05) is 31.1 Å². The second kappa shape index (κ2) is 8.81. The predicted octanol–water partition coefficient (Wildman–Crippen LogP) is 3.23. The van der Waals surface area contributed by atoms with Gasteiger partial charge < -0.3 is 9.80 Å². The van der Waals surface area contributed by atoms with E-state index in [1.165, 1.54) is 5.69 Å². The molecule has 3 aromatic rings. The first-order valence-electron chi connectivity index (χ1n) is 10.9. The summed E-state index contributed by atoms with van der Waals surface area (Å²) < 4.78 is 2.04. The van der Waals surface area contributed by atoms with Gasteiger partial charge in [-0.2, -0.15) is 4.98 Å². The van der Waals surface area contributed by atoms with Gasteiger partial charge >= 0.3 is 0 Å². The van der Waals surface area contributed by atoms with Gasteiger partial charge in [0.2, 0.25) is 5.91 Å². The number of hydrogen-bond donors (Lipinski definition) is 0. The topological polar surface area (TPSA) is 66.6 Å². The summed E-state index contributed by atoms with van der Waals surface area (Å²) in [6.07, 6.45) is 2.82. The molecule has 1 aliphatic rings. The third-order valence-corrected chi connectivity index (χ3v) is 5.94. The van der Waals surface area contributed by atoms with E-state index in [0.29, 0.717) is 18.9 Å². The van der Waals surface area contributed by atoms with Crippen molar-refractivity contribution in [3.63, 3.8) is 0 Å². The fourth-order valence-electron chi connectivity index (χ4n) is 4.32. The van der Waals surface area contributed by atoms with Gasteiger partial charge in [0.1, 0.15) is 11.6 Å². The Labute approximate surface area is 177 Å². The van der Waals surface area contributed by atoms with Crippen LogP contribution in [-0.4, -0.2) is 56.6 Å². The highest BCUT2D eigenvalue weighted by atomic mass is 16.2. The Bertz CT molecular complexity index is 1010. The van der Waals surface area contributed by atoms with Crippen LogP contribution < -0.4 is 4.90 Å². The van der Waals surface area contributed by atoms with Gasteiger partial charge in [0.25, 0.3) is 5.78 Å². The van der Waals surface area contributed by atoms with E-state index in [1.807, 2.05) is 34.4 Å². The molecule has 1 amide bonds. The van der Waals surface area contributed by atoms with Crippen molar-refractivity contribution < 1.29 is 4.79 Å². The highest BCUT2D eigenvalue weighted by Gasteiger charge is 2.28. The van der Waals surface area contributed by atoms with E-state index in [1.54, 1.807) is 0 Å². The molecule has 0 saturated carbocycles. The maximum absolute atomic E-state index is 13.2. The number of piperazine rings is 1. The molecule has 0 bridgehead atoms. The number of benzene rings is 1. The number of carbonyl (C=O) groups is 1. The number of fused-ring (bicyclic) bond motifs is 1. The number of carbonyl (C=O) groups excluding carboxylic acids is 1. The quantitative estimate of drug-likeness (QED) is 0.629. The van der Waals surface area contributed by atoms with Crippen LogP contribution in [0.2, 0.25) is 0 Å². The monoisotopic (exact) mass is 406 g/mol. The molecule has 7 nitrogen and oxygen atoms in total. The molecule has 0 N–H and O–H groups in total. The molecule has 1 aromatic carbocycles. The molecule has 30 heavy (non-hydrogen) atoms. The summed E-state index contributed by atoms with van der Waals surface area (Å²) in [5.41, 5.74) is 2.29. The summed E-state index contributed by atoms with van der Waals surface area (Å²) in [5.74, 6) is 2.62. The number of nitrogens with zero attached hydrogens (tertiary/aromatic N) is 6. The van der Waals surface area contributed by atoms with E-state index in [2.05, 4.69) is 47.1 Å². The van der Waals surface area contributed by atoms with Gasteiger partial charge in [-0.3, -0.25) is 9.20 Å². The van der Waals surface area contributed by atoms with Gasteiger partial charge in [0, 0.05) is 37.9 Å². The summed E-state index contributed by atoms with van der Waals surface area (Å²) in [6, 6.07) is 12.3. The van der Waals surface area contributed by atoms with Gasteiger partial charge in [0.05, 0.1) is 5.92 Å². The van der Waals surface area contributed by atoms with Crippen LogP contribution in [0.1, 0.15) is 49.7 Å². The van der Waals surface area contributed by atoms with E-state index in [9.17, 15) is 4.79 Å². The maximum atomic E-state index is 13.2. The zero-order chi connectivity index (χ0) is 21.1. The Balaban J connectivity index is 1.48. The van der Waals surface area contributed by atoms with E-state index >= 15 is 0 Å². The molecule has 0 radical (unpaired) electrons. The Morgan fingerprint density at radius 3 is 2.47 bits per heavy atom. The minimum absolute atomic E-state index is 0.0673. The molecule has 0 spiro atoms. The van der Waals surface area contributed by atoms with Crippen LogP contribution in [0.5, 0.6) is 0 Å². The Morgan fingerprint density at radius 1 is 1.07 bits per heavy atom. The lowest BCUT2D eigenvalue weighted by Crippen LogP contribution is -2.50. The number of anilines is 1. The van der Waals surface area contributed by atoms with Gasteiger partial charge in [-0.25, -0.2) is 0 Å². The molecule has 3 heterocycles. The Hall–Kier alpha value is -2.96. The largest absolute Gasteiger partial charge is 0.353 e. The van der Waals surface area contributed by atoms with Gasteiger partial charge in [-0.1, -0.05) is 50.6 Å². The molecule has 0 unspecified atom stereocenters. The summed E-state index contributed by atoms with van der Waals surface area (Å²) in [7, 11) is 0. The average Bonchev–Trinajstić information content (AvgIpc) is 3.16. The van der Waals surface area contributed by atoms with Crippen LogP contribution in [-0.2, 0) is 11.2 Å². The van der Waals surface area contributed by atoms with Crippen molar-refractivity contribution in [3.05, 3.63) is 53.5 Å². The van der Waals surface area contributed by atoms with E-state index in [-0.39, 0.29) is 11.8 Å². The first kappa shape index (κ1) is 20.3. The van der Waals surface area contributed by atoms with Gasteiger partial charge in [-0.15, -0.1) is 10.2 Å². The van der Waals surface area contributed by atoms with E-state index in [0.717, 1.165) is 49.6 Å². The molecule has 1 aliphatic heterocycles. The normalized spacial score (nSPS) is 15.6. The van der Waals surface area contributed by atoms with Crippen LogP contribution in [0.4, 0.5) is 5.82 Å². The van der Waals surface area contributed by atoms with Crippen molar-refractivity contribution in [1.29, 1.82) is 0 Å². The summed E-state index contributed by atoms with van der Waals surface area (Å²) >= 11 is 0. The minimum atomic E-state index is -0.0673. The van der Waals surface area contributed by atoms with Crippen molar-refractivity contribution in [2.24, 2.45) is 0 Å². The SMILES string of the molecule is CCCc1cc(N2CCN(C(=O)[C@@H](CC)c3ccccc3)CC2)nc2nnc(C)n12. The molecule has 1 atom stereocenters. The average molecular weight is 407 g/mol. The lowest BCUT2D eigenvalue weighted by atomic mass is 9.95. The second-order valence-electron chi connectivity index (χ2n) is 7.92. The molecule has 7 heteroatoms. The maximum Gasteiger partial charge on any atom is 0.257 e. The lowest BCUT2D eigenvalue weighted by molar-refractivity contribution is -0.133. The Kier molecular flexibility index (Phi) is 5.97. The van der Waals surface area contributed by atoms with Crippen molar-refractivity contribution in [1.82, 2.24) is 24.5 Å². The molecule has 1 fully saturated rings. The zero-order valence-corrected chi connectivity index (χ0v) is 18.1. The molecule has 158 valence electrons. The fourth-order valence-corrected chi connectivity index (χ4v) is 4.32. The zero-order valence-electron chi connectivity index (χ0n) is 18.1. The third kappa shape index (κ3) is 3.88. The fraction of sp³-hybridized carbons (Fsp3) is 0.478. The first-order valence-corrected chi connectivity index (χ1v) is 10.9. The molecule has 4 rings (SSSR count). The number of amides is 1. The van der Waals surface area contributed by atoms with Gasteiger partial charge in [-0.05, 0) is 25.3 Å². The number of aromatic nitrogens is 4. The molecule has 2 aromatic heterocycles. The summed E-state index contributed by atoms with van der Waals surface area (Å²) in [5, 5.41) is 8.44. The minimum Gasteiger partial charge on any atom is -0.353 e. The summed E-state index contributed by atoms with van der Waals surface area (Å²) in [6.45, 7) is 9.20. The standard InChI is InChI=1S/C23H30N6O/c1-4-9-19-16-21(24-23-26-25-17(3)29(19)23)27-12-14-28(15-13-27)22(30)20(5-2)18-10-7-6-8-11-18/h6-8,10-11,16,20H,4-5,9,12-15H2,1-3H3/t20-/m0/s1. The number of hydrogen-bond acceptors (Lipinski definition) is 5. The van der Waals surface area contributed by atoms with Crippen LogP contribution in [0.3, 0.4) is 0 Å². The number of aryl methyl sites for hydroxylation is 2. The van der Waals surface area contributed by atoms with Crippen molar-refractivity contribution in [3.8, 4) is 0 Å². The highest BCUT2D eigenvalue weighted by molar-refractivity contribution is 5.84. The first-order chi connectivity index (χ1) is 14.6. The van der Waals surface area contributed by atoms with Crippen LogP contribution >= 0.6 is 0 Å². The summed E-state index contributed by atoms with van der Waals surface area (Å²) in [4.78, 5) is 22.2. The predicted molar refractivity (Wildman–Crippen MR) is 118 cm³/mol. The molecule has 1 saturated heterocycles. The van der Waals surface area contributed by atoms with Crippen LogP contribution in [0.15, 0.2) is 36.4 Å². The smallest absolute Gasteiger partial charge is 0.257 e. The van der Waals surface area contributed by atoms with E-state index < -0.39 is 0 Å². The van der Waals surface area contributed by atoms with Crippen molar-refractivity contribution >= 4 is 17.5 Å². The van der Waals surface area contributed by atoms with Crippen molar-refractivity contribution in [2.45, 2.75) is 46.0 Å². The van der Waals surface area contributed by atoms with E-state index in [4.69, 9.17) is 4.98 Å². The van der Waals surface area contributed by atoms with Gasteiger partial charge in [0.15, 0.2) is 0 Å². The molecular weight excluding hydrogens is 376 g/mol. The highest BCUT2D eigenvalue weighted by Crippen LogP contribution is 2.24. The van der Waals surface area contributed by atoms with Crippen LogP contribution in [0.25, 0.3) is 5.78 Å². The number of rotatable bonds is 6. The molecular formula is C23H30N6O.